The molecule has 0 aliphatic carbocycles. The van der Waals surface area contributed by atoms with Crippen molar-refractivity contribution in [2.75, 3.05) is 43.4 Å². The molecule has 0 fully saturated rings. The number of hydrogen-bond donors (Lipinski definition) is 2. The maximum atomic E-state index is 10.7. The highest BCUT2D eigenvalue weighted by Crippen LogP contribution is 2.30. The molecular weight excluding hydrogens is 340 g/mol. The third kappa shape index (κ3) is 8.07. The van der Waals surface area contributed by atoms with E-state index in [4.69, 9.17) is 4.55 Å². The summed E-state index contributed by atoms with van der Waals surface area (Å²) in [4.78, 5) is 4.43. The van der Waals surface area contributed by atoms with Crippen LogP contribution >= 0.6 is 0 Å². The molecule has 0 unspecified atom stereocenters. The molecule has 2 rings (SSSR count). The Morgan fingerprint density at radius 1 is 1.16 bits per heavy atom. The zero-order valence-corrected chi connectivity index (χ0v) is 16.4. The molecule has 144 valence electrons. The monoisotopic (exact) mass is 372 g/mol. The number of phenolic OH excluding ortho intramolecular Hbond substituents is 1. The Kier molecular flexibility index (Phi) is 9.24. The highest BCUT2D eigenvalue weighted by molar-refractivity contribution is 7.85. The number of rotatable bonds is 7. The number of anilines is 1. The standard InChI is InChI=1S/C12H17NO4S.C6H15N/c14-11-5-4-10-3-1-6-13(12(10)9-11)7-2-8-18(15,16)17;1-4-7(5-2)6-3/h4-5,9,14H,1-3,6-8H2,(H,15,16,17);4-6H2,1-3H3. The van der Waals surface area contributed by atoms with E-state index in [0.717, 1.165) is 25.1 Å². The van der Waals surface area contributed by atoms with E-state index in [9.17, 15) is 13.5 Å². The lowest BCUT2D eigenvalue weighted by Gasteiger charge is -2.31. The van der Waals surface area contributed by atoms with Crippen LogP contribution in [0.3, 0.4) is 0 Å². The number of hydrogen-bond acceptors (Lipinski definition) is 5. The average Bonchev–Trinajstić information content (AvgIpc) is 2.56. The lowest BCUT2D eigenvalue weighted by Crippen LogP contribution is -2.31. The van der Waals surface area contributed by atoms with Crippen molar-refractivity contribution in [3.63, 3.8) is 0 Å². The van der Waals surface area contributed by atoms with Gasteiger partial charge in [0.25, 0.3) is 10.1 Å². The van der Waals surface area contributed by atoms with Gasteiger partial charge in [0.05, 0.1) is 5.75 Å². The quantitative estimate of drug-likeness (QED) is 0.717. The molecule has 1 aromatic carbocycles. The molecule has 1 aliphatic heterocycles. The highest BCUT2D eigenvalue weighted by atomic mass is 32.2. The molecule has 25 heavy (non-hydrogen) atoms. The Morgan fingerprint density at radius 2 is 1.80 bits per heavy atom. The Bertz CT molecular complexity index is 610. The molecule has 2 N–H and O–H groups in total. The van der Waals surface area contributed by atoms with E-state index in [1.54, 1.807) is 12.1 Å². The molecule has 0 saturated heterocycles. The molecule has 1 heterocycles. The van der Waals surface area contributed by atoms with Gasteiger partial charge >= 0.3 is 0 Å². The maximum Gasteiger partial charge on any atom is 0.264 e. The predicted octanol–water partition coefficient (Wildman–Crippen LogP) is 2.77. The minimum absolute atomic E-state index is 0.218. The number of nitrogens with zero attached hydrogens (tertiary/aromatic N) is 2. The molecule has 1 aromatic rings. The number of aromatic hydroxyl groups is 1. The molecule has 0 amide bonds. The summed E-state index contributed by atoms with van der Waals surface area (Å²) in [6, 6.07) is 5.28. The van der Waals surface area contributed by atoms with E-state index in [0.29, 0.717) is 13.0 Å². The number of fused-ring (bicyclic) bond motifs is 1. The van der Waals surface area contributed by atoms with E-state index in [1.807, 2.05) is 6.07 Å². The van der Waals surface area contributed by atoms with Gasteiger partial charge in [-0.05, 0) is 50.5 Å². The van der Waals surface area contributed by atoms with Crippen LogP contribution in [0.4, 0.5) is 5.69 Å². The Hall–Kier alpha value is -1.31. The lowest BCUT2D eigenvalue weighted by atomic mass is 10.0. The van der Waals surface area contributed by atoms with E-state index in [1.165, 1.54) is 25.2 Å². The SMILES string of the molecule is CCN(CC)CC.O=S(=O)(O)CCCN1CCCc2ccc(O)cc21. The van der Waals surface area contributed by atoms with Gasteiger partial charge in [-0.1, -0.05) is 26.8 Å². The lowest BCUT2D eigenvalue weighted by molar-refractivity contribution is 0.321. The Labute approximate surface area is 152 Å². The summed E-state index contributed by atoms with van der Waals surface area (Å²) in [5.41, 5.74) is 2.14. The van der Waals surface area contributed by atoms with E-state index in [2.05, 4.69) is 30.6 Å². The summed E-state index contributed by atoms with van der Waals surface area (Å²) < 4.78 is 30.0. The van der Waals surface area contributed by atoms with Crippen molar-refractivity contribution in [2.24, 2.45) is 0 Å². The van der Waals surface area contributed by atoms with Crippen molar-refractivity contribution in [1.29, 1.82) is 0 Å². The van der Waals surface area contributed by atoms with E-state index in [-0.39, 0.29) is 11.5 Å². The summed E-state index contributed by atoms with van der Waals surface area (Å²) in [5, 5.41) is 9.50. The van der Waals surface area contributed by atoms with Gasteiger partial charge in [-0.2, -0.15) is 8.42 Å². The topological polar surface area (TPSA) is 81.1 Å². The van der Waals surface area contributed by atoms with Gasteiger partial charge in [0.15, 0.2) is 0 Å². The highest BCUT2D eigenvalue weighted by Gasteiger charge is 2.17. The molecule has 0 bridgehead atoms. The smallest absolute Gasteiger partial charge is 0.264 e. The fourth-order valence-corrected chi connectivity index (χ4v) is 3.47. The molecule has 0 saturated carbocycles. The fourth-order valence-electron chi connectivity index (χ4n) is 2.98. The van der Waals surface area contributed by atoms with Crippen LogP contribution in [0.25, 0.3) is 0 Å². The van der Waals surface area contributed by atoms with Gasteiger partial charge in [0, 0.05) is 24.8 Å². The predicted molar refractivity (Wildman–Crippen MR) is 103 cm³/mol. The van der Waals surface area contributed by atoms with Gasteiger partial charge in [0.2, 0.25) is 0 Å². The molecule has 0 radical (unpaired) electrons. The maximum absolute atomic E-state index is 10.7. The van der Waals surface area contributed by atoms with Crippen molar-refractivity contribution < 1.29 is 18.1 Å². The minimum Gasteiger partial charge on any atom is -0.508 e. The zero-order valence-electron chi connectivity index (χ0n) is 15.6. The van der Waals surface area contributed by atoms with Crippen LogP contribution in [0.15, 0.2) is 18.2 Å². The van der Waals surface area contributed by atoms with E-state index < -0.39 is 10.1 Å². The van der Waals surface area contributed by atoms with Gasteiger partial charge in [-0.3, -0.25) is 4.55 Å². The van der Waals surface area contributed by atoms with Crippen LogP contribution in [0, 0.1) is 0 Å². The largest absolute Gasteiger partial charge is 0.508 e. The molecular formula is C18H32N2O4S. The van der Waals surface area contributed by atoms with Gasteiger partial charge in [-0.15, -0.1) is 0 Å². The molecule has 0 aromatic heterocycles. The van der Waals surface area contributed by atoms with Crippen LogP contribution in [0.5, 0.6) is 5.75 Å². The first kappa shape index (κ1) is 21.7. The zero-order chi connectivity index (χ0) is 18.9. The van der Waals surface area contributed by atoms with Crippen LogP contribution in [-0.4, -0.2) is 61.5 Å². The average molecular weight is 373 g/mol. The normalized spacial score (nSPS) is 14.0. The first-order chi connectivity index (χ1) is 11.8. The van der Waals surface area contributed by atoms with Gasteiger partial charge in [0.1, 0.15) is 5.75 Å². The third-order valence-corrected chi connectivity index (χ3v) is 5.26. The number of aryl methyl sites for hydroxylation is 1. The summed E-state index contributed by atoms with van der Waals surface area (Å²) in [6.45, 7) is 11.5. The third-order valence-electron chi connectivity index (χ3n) is 4.46. The van der Waals surface area contributed by atoms with Crippen molar-refractivity contribution in [1.82, 2.24) is 4.90 Å². The van der Waals surface area contributed by atoms with Crippen LogP contribution < -0.4 is 4.90 Å². The summed E-state index contributed by atoms with van der Waals surface area (Å²) >= 11 is 0. The van der Waals surface area contributed by atoms with Crippen molar-refractivity contribution >= 4 is 15.8 Å². The first-order valence-electron chi connectivity index (χ1n) is 9.05. The second-order valence-corrected chi connectivity index (χ2v) is 7.73. The summed E-state index contributed by atoms with van der Waals surface area (Å²) in [7, 11) is -3.89. The van der Waals surface area contributed by atoms with Crippen molar-refractivity contribution in [3.8, 4) is 5.75 Å². The molecule has 6 nitrogen and oxygen atoms in total. The number of benzene rings is 1. The Balaban J connectivity index is 0.000000381. The van der Waals surface area contributed by atoms with Crippen LogP contribution in [0.2, 0.25) is 0 Å². The van der Waals surface area contributed by atoms with Crippen LogP contribution in [0.1, 0.15) is 39.2 Å². The molecule has 7 heteroatoms. The Morgan fingerprint density at radius 3 is 2.32 bits per heavy atom. The number of phenols is 1. The van der Waals surface area contributed by atoms with Crippen molar-refractivity contribution in [2.45, 2.75) is 40.0 Å². The molecule has 0 atom stereocenters. The first-order valence-corrected chi connectivity index (χ1v) is 10.7. The molecule has 1 aliphatic rings. The van der Waals surface area contributed by atoms with Gasteiger partial charge in [-0.25, -0.2) is 0 Å². The summed E-state index contributed by atoms with van der Waals surface area (Å²) in [5.74, 6) is -0.00656. The van der Waals surface area contributed by atoms with Crippen LogP contribution in [-0.2, 0) is 16.5 Å². The molecule has 0 spiro atoms. The van der Waals surface area contributed by atoms with Crippen molar-refractivity contribution in [3.05, 3.63) is 23.8 Å². The second kappa shape index (κ2) is 10.6. The summed E-state index contributed by atoms with van der Waals surface area (Å²) in [6.07, 6.45) is 2.38. The fraction of sp³-hybridized carbons (Fsp3) is 0.667. The van der Waals surface area contributed by atoms with E-state index >= 15 is 0 Å². The second-order valence-electron chi connectivity index (χ2n) is 6.16. The minimum atomic E-state index is -3.89. The van der Waals surface area contributed by atoms with Gasteiger partial charge < -0.3 is 14.9 Å².